The lowest BCUT2D eigenvalue weighted by Crippen LogP contribution is -2.53. The monoisotopic (exact) mass is 334 g/mol. The first-order valence-electron chi connectivity index (χ1n) is 10.4. The average Bonchev–Trinajstić information content (AvgIpc) is 3.10. The minimum Gasteiger partial charge on any atom is -0.392 e. The van der Waals surface area contributed by atoms with Gasteiger partial charge in [-0.25, -0.2) is 0 Å². The molecule has 2 aliphatic carbocycles. The minimum atomic E-state index is -0.367. The molecule has 0 aromatic heterocycles. The van der Waals surface area contributed by atoms with E-state index in [1.54, 1.807) is 0 Å². The Balaban J connectivity index is 1.47. The highest BCUT2D eigenvalue weighted by Crippen LogP contribution is 2.42. The van der Waals surface area contributed by atoms with Gasteiger partial charge < -0.3 is 10.0 Å². The Morgan fingerprint density at radius 1 is 1.00 bits per heavy atom. The fraction of sp³-hybridized carbons (Fsp3) is 0.950. The van der Waals surface area contributed by atoms with Crippen LogP contribution in [0.5, 0.6) is 0 Å². The summed E-state index contributed by atoms with van der Waals surface area (Å²) in [4.78, 5) is 18.0. The SMILES string of the molecule is O=C1N(C2CCCCC2)CC[C@]12C[C@@H](O)CN2CC1CCCCC1. The first-order chi connectivity index (χ1) is 11.7. The second-order valence-electron chi connectivity index (χ2n) is 8.84. The van der Waals surface area contributed by atoms with Gasteiger partial charge in [-0.1, -0.05) is 38.5 Å². The highest BCUT2D eigenvalue weighted by atomic mass is 16.3. The van der Waals surface area contributed by atoms with Crippen molar-refractivity contribution in [2.75, 3.05) is 19.6 Å². The molecule has 4 fully saturated rings. The van der Waals surface area contributed by atoms with E-state index in [2.05, 4.69) is 9.80 Å². The molecule has 2 saturated carbocycles. The maximum Gasteiger partial charge on any atom is 0.243 e. The number of rotatable bonds is 3. The molecule has 0 aromatic carbocycles. The Hall–Kier alpha value is -0.610. The zero-order valence-electron chi connectivity index (χ0n) is 15.1. The number of amides is 1. The van der Waals surface area contributed by atoms with Crippen LogP contribution in [0, 0.1) is 5.92 Å². The van der Waals surface area contributed by atoms with Crippen LogP contribution in [0.15, 0.2) is 0 Å². The third kappa shape index (κ3) is 3.01. The van der Waals surface area contributed by atoms with E-state index in [4.69, 9.17) is 0 Å². The van der Waals surface area contributed by atoms with Crippen LogP contribution >= 0.6 is 0 Å². The Morgan fingerprint density at radius 2 is 1.67 bits per heavy atom. The van der Waals surface area contributed by atoms with Crippen molar-refractivity contribution in [1.82, 2.24) is 9.80 Å². The standard InChI is InChI=1S/C20H34N2O2/c23-18-13-20(21(15-18)14-16-7-3-1-4-8-16)11-12-22(19(20)24)17-9-5-2-6-10-17/h16-18,23H,1-15H2/t18-,20+/m1/s1. The molecule has 1 amide bonds. The van der Waals surface area contributed by atoms with E-state index in [-0.39, 0.29) is 11.6 Å². The van der Waals surface area contributed by atoms with Crippen molar-refractivity contribution in [3.63, 3.8) is 0 Å². The molecule has 4 heteroatoms. The molecule has 0 radical (unpaired) electrons. The highest BCUT2D eigenvalue weighted by Gasteiger charge is 2.56. The molecule has 4 aliphatic rings. The Kier molecular flexibility index (Phi) is 4.88. The summed E-state index contributed by atoms with van der Waals surface area (Å²) in [5.74, 6) is 1.08. The zero-order chi connectivity index (χ0) is 16.6. The van der Waals surface area contributed by atoms with Crippen molar-refractivity contribution >= 4 is 5.91 Å². The number of nitrogens with zero attached hydrogens (tertiary/aromatic N) is 2. The lowest BCUT2D eigenvalue weighted by atomic mass is 9.87. The molecule has 0 bridgehead atoms. The molecule has 4 nitrogen and oxygen atoms in total. The summed E-state index contributed by atoms with van der Waals surface area (Å²) in [6, 6.07) is 0.472. The van der Waals surface area contributed by atoms with Crippen molar-refractivity contribution < 1.29 is 9.90 Å². The maximum absolute atomic E-state index is 13.4. The van der Waals surface area contributed by atoms with E-state index in [0.29, 0.717) is 24.9 Å². The van der Waals surface area contributed by atoms with Crippen LogP contribution in [0.4, 0.5) is 0 Å². The quantitative estimate of drug-likeness (QED) is 0.863. The molecule has 2 saturated heterocycles. The molecule has 4 rings (SSSR count). The normalized spacial score (nSPS) is 37.0. The van der Waals surface area contributed by atoms with Gasteiger partial charge in [-0.05, 0) is 38.0 Å². The first kappa shape index (κ1) is 16.8. The molecule has 2 aliphatic heterocycles. The highest BCUT2D eigenvalue weighted by molar-refractivity contribution is 5.89. The number of aliphatic hydroxyl groups excluding tert-OH is 1. The summed E-state index contributed by atoms with van der Waals surface area (Å²) < 4.78 is 0. The predicted octanol–water partition coefficient (Wildman–Crippen LogP) is 2.94. The molecule has 1 spiro atoms. The predicted molar refractivity (Wildman–Crippen MR) is 94.7 cm³/mol. The number of hydrogen-bond acceptors (Lipinski definition) is 3. The van der Waals surface area contributed by atoms with Crippen molar-refractivity contribution in [3.05, 3.63) is 0 Å². The van der Waals surface area contributed by atoms with E-state index in [9.17, 15) is 9.90 Å². The lowest BCUT2D eigenvalue weighted by Gasteiger charge is -2.38. The topological polar surface area (TPSA) is 43.8 Å². The summed E-state index contributed by atoms with van der Waals surface area (Å²) in [5.41, 5.74) is -0.367. The van der Waals surface area contributed by atoms with Crippen LogP contribution in [0.2, 0.25) is 0 Å². The molecule has 0 unspecified atom stereocenters. The fourth-order valence-electron chi connectivity index (χ4n) is 5.95. The van der Waals surface area contributed by atoms with Gasteiger partial charge in [0.25, 0.3) is 0 Å². The Bertz CT molecular complexity index is 457. The van der Waals surface area contributed by atoms with Crippen LogP contribution in [0.25, 0.3) is 0 Å². The van der Waals surface area contributed by atoms with Gasteiger partial charge >= 0.3 is 0 Å². The Morgan fingerprint density at radius 3 is 2.38 bits per heavy atom. The van der Waals surface area contributed by atoms with E-state index in [0.717, 1.165) is 25.4 Å². The van der Waals surface area contributed by atoms with Crippen molar-refractivity contribution in [3.8, 4) is 0 Å². The van der Waals surface area contributed by atoms with Crippen molar-refractivity contribution in [2.24, 2.45) is 5.92 Å². The van der Waals surface area contributed by atoms with Crippen molar-refractivity contribution in [1.29, 1.82) is 0 Å². The summed E-state index contributed by atoms with van der Waals surface area (Å²) in [6.07, 6.45) is 14.2. The largest absolute Gasteiger partial charge is 0.392 e. The minimum absolute atomic E-state index is 0.316. The number of hydrogen-bond donors (Lipinski definition) is 1. The third-order valence-electron chi connectivity index (χ3n) is 7.25. The lowest BCUT2D eigenvalue weighted by molar-refractivity contribution is -0.139. The third-order valence-corrected chi connectivity index (χ3v) is 7.25. The molecule has 24 heavy (non-hydrogen) atoms. The summed E-state index contributed by atoms with van der Waals surface area (Å²) in [7, 11) is 0. The van der Waals surface area contributed by atoms with Gasteiger partial charge in [0.15, 0.2) is 0 Å². The van der Waals surface area contributed by atoms with Gasteiger partial charge in [0.05, 0.1) is 6.10 Å². The van der Waals surface area contributed by atoms with Gasteiger partial charge in [0.1, 0.15) is 5.54 Å². The number of aliphatic hydroxyl groups is 1. The molecule has 1 N–H and O–H groups in total. The van der Waals surface area contributed by atoms with Gasteiger partial charge in [-0.3, -0.25) is 9.69 Å². The fourth-order valence-corrected chi connectivity index (χ4v) is 5.95. The van der Waals surface area contributed by atoms with Gasteiger partial charge in [0, 0.05) is 32.1 Å². The molecule has 2 atom stereocenters. The molecular weight excluding hydrogens is 300 g/mol. The van der Waals surface area contributed by atoms with Gasteiger partial charge in [0.2, 0.25) is 5.91 Å². The van der Waals surface area contributed by atoms with Crippen LogP contribution in [-0.2, 0) is 4.79 Å². The van der Waals surface area contributed by atoms with Gasteiger partial charge in [-0.15, -0.1) is 0 Å². The van der Waals surface area contributed by atoms with Crippen LogP contribution in [-0.4, -0.2) is 58.1 Å². The first-order valence-corrected chi connectivity index (χ1v) is 10.4. The molecule has 0 aromatic rings. The van der Waals surface area contributed by atoms with E-state index in [1.165, 1.54) is 64.2 Å². The second-order valence-corrected chi connectivity index (χ2v) is 8.84. The maximum atomic E-state index is 13.4. The number of carbonyl (C=O) groups is 1. The van der Waals surface area contributed by atoms with Gasteiger partial charge in [-0.2, -0.15) is 0 Å². The zero-order valence-corrected chi connectivity index (χ0v) is 15.1. The van der Waals surface area contributed by atoms with E-state index < -0.39 is 0 Å². The molecule has 2 heterocycles. The van der Waals surface area contributed by atoms with Crippen molar-refractivity contribution in [2.45, 2.75) is 94.7 Å². The number of carbonyl (C=O) groups excluding carboxylic acids is 1. The summed E-state index contributed by atoms with van der Waals surface area (Å²) in [6.45, 7) is 2.65. The second kappa shape index (κ2) is 6.95. The van der Waals surface area contributed by atoms with Crippen LogP contribution in [0.3, 0.4) is 0 Å². The summed E-state index contributed by atoms with van der Waals surface area (Å²) >= 11 is 0. The Labute approximate surface area is 146 Å². The van der Waals surface area contributed by atoms with Crippen LogP contribution in [0.1, 0.15) is 77.0 Å². The average molecular weight is 335 g/mol. The smallest absolute Gasteiger partial charge is 0.243 e. The molecular formula is C20H34N2O2. The number of β-amino-alcohol motifs (C(OH)–C–C–N with tert-alkyl or cyclic N) is 1. The number of likely N-dealkylation sites (tertiary alicyclic amines) is 2. The van der Waals surface area contributed by atoms with E-state index >= 15 is 0 Å². The molecule has 136 valence electrons. The summed E-state index contributed by atoms with van der Waals surface area (Å²) in [5, 5.41) is 10.4. The van der Waals surface area contributed by atoms with Crippen LogP contribution < -0.4 is 0 Å². The van der Waals surface area contributed by atoms with E-state index in [1.807, 2.05) is 0 Å².